The number of benzene rings is 1. The van der Waals surface area contributed by atoms with Crippen LogP contribution in [0.2, 0.25) is 0 Å². The first-order chi connectivity index (χ1) is 17.8. The lowest BCUT2D eigenvalue weighted by molar-refractivity contribution is -0.137. The first-order valence-electron chi connectivity index (χ1n) is 12.6. The van der Waals surface area contributed by atoms with Gasteiger partial charge in [0.05, 0.1) is 18.0 Å². The van der Waals surface area contributed by atoms with Crippen LogP contribution < -0.4 is 10.6 Å². The van der Waals surface area contributed by atoms with Crippen LogP contribution >= 0.6 is 0 Å². The predicted octanol–water partition coefficient (Wildman–Crippen LogP) is 3.80. The summed E-state index contributed by atoms with van der Waals surface area (Å²) in [5.74, 6) is 0.945. The Bertz CT molecular complexity index is 1250. The fourth-order valence-corrected chi connectivity index (χ4v) is 4.91. The predicted molar refractivity (Wildman–Crippen MR) is 132 cm³/mol. The molecule has 1 aliphatic carbocycles. The minimum absolute atomic E-state index is 0.107. The number of likely N-dealkylation sites (tertiary alicyclic amines) is 1. The van der Waals surface area contributed by atoms with E-state index in [1.54, 1.807) is 12.4 Å². The number of hydrogen-bond acceptors (Lipinski definition) is 7. The number of anilines is 2. The summed E-state index contributed by atoms with van der Waals surface area (Å²) in [6.45, 7) is 1.93. The molecule has 198 valence electrons. The van der Waals surface area contributed by atoms with E-state index in [-0.39, 0.29) is 24.6 Å². The number of nitrogens with zero attached hydrogens (tertiary/aromatic N) is 5. The van der Waals surface area contributed by atoms with Crippen molar-refractivity contribution in [2.45, 2.75) is 69.9 Å². The Labute approximate surface area is 212 Å². The summed E-state index contributed by atoms with van der Waals surface area (Å²) in [5.41, 5.74) is 0.836. The lowest BCUT2D eigenvalue weighted by Gasteiger charge is -2.26. The van der Waals surface area contributed by atoms with Crippen molar-refractivity contribution in [3.8, 4) is 0 Å². The van der Waals surface area contributed by atoms with E-state index < -0.39 is 11.7 Å². The molecular weight excluding hydrogens is 487 g/mol. The molecule has 0 unspecified atom stereocenters. The highest BCUT2D eigenvalue weighted by Crippen LogP contribution is 2.30. The van der Waals surface area contributed by atoms with Crippen LogP contribution in [0, 0.1) is 0 Å². The monoisotopic (exact) mass is 517 g/mol. The van der Waals surface area contributed by atoms with Crippen LogP contribution in [0.25, 0.3) is 11.2 Å². The number of nitrogens with one attached hydrogen (secondary N) is 2. The highest BCUT2D eigenvalue weighted by atomic mass is 19.4. The van der Waals surface area contributed by atoms with Crippen LogP contribution in [0.15, 0.2) is 30.6 Å². The second-order valence-electron chi connectivity index (χ2n) is 9.69. The van der Waals surface area contributed by atoms with Crippen LogP contribution in [0.4, 0.5) is 24.9 Å². The summed E-state index contributed by atoms with van der Waals surface area (Å²) in [5, 5.41) is 16.3. The molecule has 0 bridgehead atoms. The number of aliphatic hydroxyl groups excluding tert-OH is 1. The minimum atomic E-state index is -4.42. The summed E-state index contributed by atoms with van der Waals surface area (Å²) in [4.78, 5) is 27.6. The number of imidazole rings is 1. The molecule has 3 aromatic rings. The van der Waals surface area contributed by atoms with E-state index in [2.05, 4.69) is 20.6 Å². The van der Waals surface area contributed by atoms with Crippen molar-refractivity contribution < 1.29 is 23.1 Å². The highest BCUT2D eigenvalue weighted by molar-refractivity contribution is 5.84. The van der Waals surface area contributed by atoms with Gasteiger partial charge in [-0.15, -0.1) is 0 Å². The Morgan fingerprint density at radius 3 is 2.65 bits per heavy atom. The number of amides is 1. The topological polar surface area (TPSA) is 108 Å². The van der Waals surface area contributed by atoms with Crippen molar-refractivity contribution in [2.75, 3.05) is 23.7 Å². The number of halogens is 3. The van der Waals surface area contributed by atoms with Gasteiger partial charge in [-0.3, -0.25) is 4.79 Å². The molecule has 9 nitrogen and oxygen atoms in total. The average molecular weight is 518 g/mol. The van der Waals surface area contributed by atoms with E-state index in [0.29, 0.717) is 60.8 Å². The zero-order valence-corrected chi connectivity index (χ0v) is 20.3. The maximum Gasteiger partial charge on any atom is 0.416 e. The van der Waals surface area contributed by atoms with Gasteiger partial charge in [-0.05, 0) is 49.8 Å². The number of aromatic nitrogens is 4. The van der Waals surface area contributed by atoms with Crippen LogP contribution in [0.5, 0.6) is 0 Å². The van der Waals surface area contributed by atoms with Crippen molar-refractivity contribution in [2.24, 2.45) is 0 Å². The quantitative estimate of drug-likeness (QED) is 0.417. The third-order valence-electron chi connectivity index (χ3n) is 6.99. The van der Waals surface area contributed by atoms with Gasteiger partial charge < -0.3 is 25.2 Å². The molecule has 37 heavy (non-hydrogen) atoms. The van der Waals surface area contributed by atoms with Gasteiger partial charge in [-0.2, -0.15) is 23.1 Å². The Kier molecular flexibility index (Phi) is 7.18. The van der Waals surface area contributed by atoms with Crippen molar-refractivity contribution in [3.63, 3.8) is 0 Å². The number of aliphatic hydroxyl groups is 1. The summed E-state index contributed by atoms with van der Waals surface area (Å²) in [7, 11) is 0. The van der Waals surface area contributed by atoms with Gasteiger partial charge in [-0.25, -0.2) is 4.98 Å². The molecule has 3 heterocycles. The Hall–Kier alpha value is -3.41. The molecule has 2 aromatic heterocycles. The molecule has 0 radical (unpaired) electrons. The zero-order chi connectivity index (χ0) is 26.0. The molecule has 1 amide bonds. The number of rotatable bonds is 8. The number of carbonyl (C=O) groups is 1. The maximum atomic E-state index is 13.1. The SMILES string of the molecule is O=C1CCCN1CCn1cnc2c(NCc3cccc(C(F)(F)F)c3)nc(NC3CCC(O)CC3)nc21. The van der Waals surface area contributed by atoms with Gasteiger partial charge in [0.2, 0.25) is 11.9 Å². The van der Waals surface area contributed by atoms with E-state index in [1.165, 1.54) is 6.07 Å². The molecule has 1 aromatic carbocycles. The molecule has 1 saturated heterocycles. The zero-order valence-electron chi connectivity index (χ0n) is 20.3. The molecular formula is C25H30F3N7O2. The summed E-state index contributed by atoms with van der Waals surface area (Å²) >= 11 is 0. The lowest BCUT2D eigenvalue weighted by atomic mass is 9.93. The second-order valence-corrected chi connectivity index (χ2v) is 9.69. The van der Waals surface area contributed by atoms with E-state index in [1.807, 2.05) is 9.47 Å². The van der Waals surface area contributed by atoms with Gasteiger partial charge in [0.15, 0.2) is 17.0 Å². The first kappa shape index (κ1) is 25.2. The fraction of sp³-hybridized carbons (Fsp3) is 0.520. The highest BCUT2D eigenvalue weighted by Gasteiger charge is 2.30. The van der Waals surface area contributed by atoms with Gasteiger partial charge in [0.1, 0.15) is 0 Å². The Morgan fingerprint density at radius 1 is 1.11 bits per heavy atom. The number of hydrogen-bond donors (Lipinski definition) is 3. The van der Waals surface area contributed by atoms with E-state index >= 15 is 0 Å². The first-order valence-corrected chi connectivity index (χ1v) is 12.6. The van der Waals surface area contributed by atoms with Gasteiger partial charge >= 0.3 is 6.18 Å². The summed E-state index contributed by atoms with van der Waals surface area (Å²) < 4.78 is 41.3. The third-order valence-corrected chi connectivity index (χ3v) is 6.99. The fourth-order valence-electron chi connectivity index (χ4n) is 4.91. The van der Waals surface area contributed by atoms with Gasteiger partial charge in [0, 0.05) is 38.6 Å². The molecule has 2 fully saturated rings. The minimum Gasteiger partial charge on any atom is -0.393 e. The van der Waals surface area contributed by atoms with Crippen molar-refractivity contribution in [3.05, 3.63) is 41.7 Å². The summed E-state index contributed by atoms with van der Waals surface area (Å²) in [6, 6.07) is 5.27. The number of carbonyl (C=O) groups excluding carboxylic acids is 1. The average Bonchev–Trinajstić information content (AvgIpc) is 3.48. The largest absolute Gasteiger partial charge is 0.416 e. The molecule has 1 saturated carbocycles. The smallest absolute Gasteiger partial charge is 0.393 e. The summed E-state index contributed by atoms with van der Waals surface area (Å²) in [6.07, 6.45) is 1.33. The third kappa shape index (κ3) is 5.95. The molecule has 0 spiro atoms. The molecule has 2 aliphatic rings. The lowest BCUT2D eigenvalue weighted by Crippen LogP contribution is -2.29. The van der Waals surface area contributed by atoms with E-state index in [4.69, 9.17) is 4.98 Å². The van der Waals surface area contributed by atoms with Crippen molar-refractivity contribution in [1.29, 1.82) is 0 Å². The molecule has 3 N–H and O–H groups in total. The molecule has 5 rings (SSSR count). The van der Waals surface area contributed by atoms with Crippen LogP contribution in [-0.4, -0.2) is 60.7 Å². The van der Waals surface area contributed by atoms with Crippen molar-refractivity contribution in [1.82, 2.24) is 24.4 Å². The standard InChI is InChI=1S/C25H30F3N7O2/c26-25(27,28)17-4-1-3-16(13-17)14-29-22-21-23(33-24(32-22)31-18-6-8-19(36)9-7-18)35(15-30-21)12-11-34-10-2-5-20(34)37/h1,3-4,13,15,18-19,36H,2,5-12,14H2,(H2,29,31,32,33). The molecule has 0 atom stereocenters. The van der Waals surface area contributed by atoms with E-state index in [9.17, 15) is 23.1 Å². The maximum absolute atomic E-state index is 13.1. The Morgan fingerprint density at radius 2 is 1.92 bits per heavy atom. The Balaban J connectivity index is 1.39. The van der Waals surface area contributed by atoms with Gasteiger partial charge in [-0.1, -0.05) is 12.1 Å². The molecule has 1 aliphatic heterocycles. The number of fused-ring (bicyclic) bond motifs is 1. The van der Waals surface area contributed by atoms with Crippen LogP contribution in [0.3, 0.4) is 0 Å². The van der Waals surface area contributed by atoms with Crippen LogP contribution in [-0.2, 0) is 24.1 Å². The van der Waals surface area contributed by atoms with Crippen molar-refractivity contribution >= 4 is 28.8 Å². The molecule has 12 heteroatoms. The normalized spacial score (nSPS) is 20.5. The number of alkyl halides is 3. The van der Waals surface area contributed by atoms with E-state index in [0.717, 1.165) is 37.9 Å². The van der Waals surface area contributed by atoms with Gasteiger partial charge in [0.25, 0.3) is 0 Å². The van der Waals surface area contributed by atoms with Crippen LogP contribution in [0.1, 0.15) is 49.7 Å². The second kappa shape index (κ2) is 10.5.